The summed E-state index contributed by atoms with van der Waals surface area (Å²) in [7, 11) is 0. The Labute approximate surface area is 260 Å². The number of imide groups is 1. The Morgan fingerprint density at radius 1 is 0.500 bits per heavy atom. The number of carbonyl (C=O) groups excluding carboxylic acids is 2. The summed E-state index contributed by atoms with van der Waals surface area (Å²) in [6, 6.07) is 0. The van der Waals surface area contributed by atoms with E-state index in [4.69, 9.17) is 0 Å². The minimum absolute atomic E-state index is 0.233. The molecule has 0 radical (unpaired) electrons. The van der Waals surface area contributed by atoms with E-state index in [1.54, 1.807) is 0 Å². The van der Waals surface area contributed by atoms with Crippen molar-refractivity contribution in [3.05, 3.63) is 48.6 Å². The molecule has 0 aromatic rings. The van der Waals surface area contributed by atoms with Crippen molar-refractivity contribution >= 4 is 11.8 Å². The van der Waals surface area contributed by atoms with E-state index in [-0.39, 0.29) is 11.8 Å². The number of unbranched alkanes of at least 4 members (excludes halogenated alkanes) is 16. The third kappa shape index (κ3) is 26.9. The number of carbonyl (C=O) groups is 2. The van der Waals surface area contributed by atoms with E-state index < -0.39 is 6.23 Å². The number of aliphatic hydroxyl groups excluding tert-OH is 1. The first-order valence-corrected chi connectivity index (χ1v) is 17.7. The van der Waals surface area contributed by atoms with E-state index in [2.05, 4.69) is 62.5 Å². The lowest BCUT2D eigenvalue weighted by molar-refractivity contribution is -0.155. The SMILES string of the molecule is CCCCC/C=C\C/C=C\CCCCCCCC(=O)N(C(=O)CCCCCCC/C=C\C/C=C\CCCCC)C(C)O. The van der Waals surface area contributed by atoms with Crippen molar-refractivity contribution < 1.29 is 14.7 Å². The smallest absolute Gasteiger partial charge is 0.231 e. The first-order valence-electron chi connectivity index (χ1n) is 17.7. The molecule has 2 amide bonds. The summed E-state index contributed by atoms with van der Waals surface area (Å²) in [5, 5.41) is 10.1. The fourth-order valence-electron chi connectivity index (χ4n) is 4.97. The quantitative estimate of drug-likeness (QED) is 0.0539. The number of nitrogens with zero attached hydrogens (tertiary/aromatic N) is 1. The summed E-state index contributed by atoms with van der Waals surface area (Å²) < 4.78 is 0. The standard InChI is InChI=1S/C38H67NO3/c1-4-6-8-10-12-14-16-18-20-22-24-26-28-30-32-34-37(41)39(36(3)40)38(42)35-33-31-29-27-25-23-21-19-17-15-13-11-9-7-5-2/h12-15,18-21,36,40H,4-11,16-17,22-35H2,1-3H3/b14-12-,15-13-,20-18-,21-19-. The molecule has 1 N–H and O–H groups in total. The predicted molar refractivity (Wildman–Crippen MR) is 182 cm³/mol. The molecule has 0 saturated heterocycles. The van der Waals surface area contributed by atoms with Gasteiger partial charge in [0.25, 0.3) is 0 Å². The van der Waals surface area contributed by atoms with Crippen molar-refractivity contribution in [3.63, 3.8) is 0 Å². The van der Waals surface area contributed by atoms with E-state index in [0.717, 1.165) is 81.9 Å². The summed E-state index contributed by atoms with van der Waals surface area (Å²) in [5.74, 6) is -0.466. The summed E-state index contributed by atoms with van der Waals surface area (Å²) in [6.45, 7) is 5.99. The molecular weight excluding hydrogens is 518 g/mol. The van der Waals surface area contributed by atoms with Crippen LogP contribution in [-0.4, -0.2) is 28.0 Å². The van der Waals surface area contributed by atoms with E-state index in [1.165, 1.54) is 71.1 Å². The maximum atomic E-state index is 12.6. The van der Waals surface area contributed by atoms with Gasteiger partial charge in [-0.2, -0.15) is 0 Å². The molecule has 0 bridgehead atoms. The molecule has 4 nitrogen and oxygen atoms in total. The Bertz CT molecular complexity index is 677. The zero-order valence-electron chi connectivity index (χ0n) is 27.9. The molecular formula is C38H67NO3. The highest BCUT2D eigenvalue weighted by Gasteiger charge is 2.24. The molecule has 0 aliphatic carbocycles. The minimum atomic E-state index is -1.05. The van der Waals surface area contributed by atoms with Gasteiger partial charge in [0.2, 0.25) is 11.8 Å². The number of amides is 2. The van der Waals surface area contributed by atoms with Crippen LogP contribution in [-0.2, 0) is 9.59 Å². The lowest BCUT2D eigenvalue weighted by Gasteiger charge is -2.23. The minimum Gasteiger partial charge on any atom is -0.373 e. The van der Waals surface area contributed by atoms with Crippen molar-refractivity contribution in [3.8, 4) is 0 Å². The second-order valence-electron chi connectivity index (χ2n) is 11.8. The van der Waals surface area contributed by atoms with Crippen molar-refractivity contribution in [2.24, 2.45) is 0 Å². The maximum absolute atomic E-state index is 12.6. The van der Waals surface area contributed by atoms with Gasteiger partial charge in [-0.15, -0.1) is 0 Å². The fourth-order valence-corrected chi connectivity index (χ4v) is 4.97. The number of rotatable bonds is 29. The number of hydrogen-bond acceptors (Lipinski definition) is 3. The molecule has 0 aromatic carbocycles. The van der Waals surface area contributed by atoms with Crippen LogP contribution in [0.3, 0.4) is 0 Å². The van der Waals surface area contributed by atoms with Crippen LogP contribution in [0.15, 0.2) is 48.6 Å². The average Bonchev–Trinajstić information content (AvgIpc) is 2.97. The van der Waals surface area contributed by atoms with E-state index in [0.29, 0.717) is 12.8 Å². The van der Waals surface area contributed by atoms with Crippen LogP contribution in [0, 0.1) is 0 Å². The molecule has 1 atom stereocenters. The van der Waals surface area contributed by atoms with E-state index >= 15 is 0 Å². The Kier molecular flexibility index (Phi) is 30.5. The zero-order valence-corrected chi connectivity index (χ0v) is 27.9. The predicted octanol–water partition coefficient (Wildman–Crippen LogP) is 11.3. The Morgan fingerprint density at radius 3 is 1.14 bits per heavy atom. The van der Waals surface area contributed by atoms with Crippen LogP contribution >= 0.6 is 0 Å². The normalized spacial score (nSPS) is 12.9. The molecule has 0 rings (SSSR count). The molecule has 0 spiro atoms. The van der Waals surface area contributed by atoms with Gasteiger partial charge < -0.3 is 5.11 Å². The lowest BCUT2D eigenvalue weighted by Crippen LogP contribution is -2.43. The van der Waals surface area contributed by atoms with Gasteiger partial charge in [-0.3, -0.25) is 14.5 Å². The zero-order chi connectivity index (χ0) is 30.9. The van der Waals surface area contributed by atoms with Crippen LogP contribution in [0.1, 0.15) is 175 Å². The highest BCUT2D eigenvalue weighted by Crippen LogP contribution is 2.14. The number of aliphatic hydroxyl groups is 1. The maximum Gasteiger partial charge on any atom is 0.231 e. The summed E-state index contributed by atoms with van der Waals surface area (Å²) in [6.07, 6.45) is 42.7. The monoisotopic (exact) mass is 586 g/mol. The Morgan fingerprint density at radius 2 is 0.810 bits per heavy atom. The molecule has 0 saturated carbocycles. The number of allylic oxidation sites excluding steroid dienone is 8. The van der Waals surface area contributed by atoms with Crippen LogP contribution in [0.25, 0.3) is 0 Å². The fraction of sp³-hybridized carbons (Fsp3) is 0.737. The molecule has 0 aromatic heterocycles. The molecule has 4 heteroatoms. The van der Waals surface area contributed by atoms with Gasteiger partial charge in [-0.1, -0.05) is 127 Å². The highest BCUT2D eigenvalue weighted by atomic mass is 16.3. The molecule has 0 aliphatic heterocycles. The summed E-state index contributed by atoms with van der Waals surface area (Å²) in [4.78, 5) is 26.4. The van der Waals surface area contributed by atoms with Crippen LogP contribution in [0.4, 0.5) is 0 Å². The first-order chi connectivity index (χ1) is 20.5. The van der Waals surface area contributed by atoms with Crippen LogP contribution in [0.2, 0.25) is 0 Å². The van der Waals surface area contributed by atoms with Crippen molar-refractivity contribution in [1.82, 2.24) is 4.90 Å². The van der Waals surface area contributed by atoms with Crippen molar-refractivity contribution in [1.29, 1.82) is 0 Å². The van der Waals surface area contributed by atoms with Gasteiger partial charge in [-0.25, -0.2) is 0 Å². The van der Waals surface area contributed by atoms with Crippen LogP contribution < -0.4 is 0 Å². The molecule has 242 valence electrons. The van der Waals surface area contributed by atoms with Gasteiger partial charge in [0.05, 0.1) is 0 Å². The van der Waals surface area contributed by atoms with Gasteiger partial charge in [0, 0.05) is 12.8 Å². The van der Waals surface area contributed by atoms with Gasteiger partial charge in [0.15, 0.2) is 0 Å². The molecule has 0 heterocycles. The summed E-state index contributed by atoms with van der Waals surface area (Å²) in [5.41, 5.74) is 0. The first kappa shape index (κ1) is 40.1. The van der Waals surface area contributed by atoms with Crippen LogP contribution in [0.5, 0.6) is 0 Å². The summed E-state index contributed by atoms with van der Waals surface area (Å²) >= 11 is 0. The molecule has 1 unspecified atom stereocenters. The third-order valence-corrected chi connectivity index (χ3v) is 7.59. The second kappa shape index (κ2) is 32.0. The van der Waals surface area contributed by atoms with Crippen molar-refractivity contribution in [2.75, 3.05) is 0 Å². The lowest BCUT2D eigenvalue weighted by atomic mass is 10.1. The van der Waals surface area contributed by atoms with Gasteiger partial charge in [-0.05, 0) is 84.0 Å². The van der Waals surface area contributed by atoms with E-state index in [9.17, 15) is 14.7 Å². The molecule has 0 fully saturated rings. The molecule has 42 heavy (non-hydrogen) atoms. The largest absolute Gasteiger partial charge is 0.373 e. The topological polar surface area (TPSA) is 57.6 Å². The highest BCUT2D eigenvalue weighted by molar-refractivity contribution is 5.95. The third-order valence-electron chi connectivity index (χ3n) is 7.59. The Balaban J connectivity index is 3.83. The van der Waals surface area contributed by atoms with E-state index in [1.807, 2.05) is 0 Å². The van der Waals surface area contributed by atoms with Gasteiger partial charge in [0.1, 0.15) is 6.23 Å². The van der Waals surface area contributed by atoms with Crippen molar-refractivity contribution in [2.45, 2.75) is 181 Å². The van der Waals surface area contributed by atoms with Gasteiger partial charge >= 0.3 is 0 Å². The second-order valence-corrected chi connectivity index (χ2v) is 11.8. The number of hydrogen-bond donors (Lipinski definition) is 1. The average molecular weight is 586 g/mol. The molecule has 0 aliphatic rings. The Hall–Kier alpha value is -1.94.